The topological polar surface area (TPSA) is 85.4 Å². The second kappa shape index (κ2) is 14.7. The van der Waals surface area contributed by atoms with Crippen molar-refractivity contribution in [2.24, 2.45) is 5.92 Å². The molecule has 3 unspecified atom stereocenters. The van der Waals surface area contributed by atoms with Crippen molar-refractivity contribution in [3.8, 4) is 0 Å². The van der Waals surface area contributed by atoms with Crippen LogP contribution in [0, 0.1) is 5.92 Å². The number of carbonyl (C=O) groups is 3. The van der Waals surface area contributed by atoms with Crippen LogP contribution in [0.25, 0.3) is 0 Å². The monoisotopic (exact) mass is 566 g/mol. The van der Waals surface area contributed by atoms with Crippen molar-refractivity contribution in [2.45, 2.75) is 43.6 Å². The fourth-order valence-corrected chi connectivity index (χ4v) is 5.56. The van der Waals surface area contributed by atoms with Gasteiger partial charge < -0.3 is 24.0 Å². The standard InChI is InChI=1S/C31H38N2O6S/c1-7-25(37-6)15-13-21(2)29-28(39-22(3)34)30(35)33(18-17-32(4)5)26-19-24(14-16-27(26)40-29)31(36)38-20-23-11-9-8-10-12-23/h7-16,19,21,28-29H,17-18,20H2,1-6H3. The summed E-state index contributed by atoms with van der Waals surface area (Å²) in [5.41, 5.74) is 1.81. The van der Waals surface area contributed by atoms with Crippen LogP contribution in [-0.4, -0.2) is 68.4 Å². The van der Waals surface area contributed by atoms with Gasteiger partial charge >= 0.3 is 11.9 Å². The van der Waals surface area contributed by atoms with E-state index in [1.165, 1.54) is 18.7 Å². The van der Waals surface area contributed by atoms with Gasteiger partial charge in [0.25, 0.3) is 5.91 Å². The molecule has 214 valence electrons. The van der Waals surface area contributed by atoms with Crippen LogP contribution >= 0.6 is 11.8 Å². The van der Waals surface area contributed by atoms with Gasteiger partial charge in [0.15, 0.2) is 6.10 Å². The normalized spacial score (nSPS) is 18.3. The maximum absolute atomic E-state index is 14.1. The molecule has 0 N–H and O–H groups in total. The fourth-order valence-electron chi connectivity index (χ4n) is 4.23. The lowest BCUT2D eigenvalue weighted by Gasteiger charge is -2.29. The van der Waals surface area contributed by atoms with E-state index in [4.69, 9.17) is 14.2 Å². The highest BCUT2D eigenvalue weighted by atomic mass is 32.2. The Labute approximate surface area is 241 Å². The van der Waals surface area contributed by atoms with Gasteiger partial charge in [0.1, 0.15) is 12.4 Å². The van der Waals surface area contributed by atoms with E-state index < -0.39 is 23.3 Å². The van der Waals surface area contributed by atoms with Crippen molar-refractivity contribution in [1.82, 2.24) is 4.90 Å². The number of fused-ring (bicyclic) bond motifs is 1. The van der Waals surface area contributed by atoms with Gasteiger partial charge in [-0.3, -0.25) is 9.59 Å². The van der Waals surface area contributed by atoms with E-state index in [9.17, 15) is 14.4 Å². The fraction of sp³-hybridized carbons (Fsp3) is 0.387. The number of nitrogens with zero attached hydrogens (tertiary/aromatic N) is 2. The number of likely N-dealkylation sites (N-methyl/N-ethyl adjacent to an activating group) is 1. The minimum absolute atomic E-state index is 0.144. The van der Waals surface area contributed by atoms with Gasteiger partial charge in [-0.25, -0.2) is 4.79 Å². The summed E-state index contributed by atoms with van der Waals surface area (Å²) in [7, 11) is 5.43. The second-order valence-electron chi connectivity index (χ2n) is 9.76. The Bertz CT molecular complexity index is 1240. The first kappa shape index (κ1) is 31.0. The average Bonchev–Trinajstić information content (AvgIpc) is 3.05. The molecule has 0 saturated heterocycles. The number of hydrogen-bond acceptors (Lipinski definition) is 8. The molecule has 3 atom stereocenters. The van der Waals surface area contributed by atoms with E-state index in [1.54, 1.807) is 24.1 Å². The van der Waals surface area contributed by atoms with Crippen LogP contribution in [0.2, 0.25) is 0 Å². The van der Waals surface area contributed by atoms with Crippen molar-refractivity contribution in [3.63, 3.8) is 0 Å². The second-order valence-corrected chi connectivity index (χ2v) is 11.0. The third-order valence-corrected chi connectivity index (χ3v) is 7.98. The smallest absolute Gasteiger partial charge is 0.338 e. The van der Waals surface area contributed by atoms with Gasteiger partial charge in [0, 0.05) is 24.9 Å². The van der Waals surface area contributed by atoms with E-state index in [2.05, 4.69) is 0 Å². The Morgan fingerprint density at radius 2 is 1.88 bits per heavy atom. The third kappa shape index (κ3) is 8.22. The molecule has 8 nitrogen and oxygen atoms in total. The molecule has 2 aromatic rings. The first-order valence-corrected chi connectivity index (χ1v) is 14.1. The van der Waals surface area contributed by atoms with Gasteiger partial charge in [0.2, 0.25) is 0 Å². The molecule has 1 aliphatic rings. The molecule has 0 aliphatic carbocycles. The number of benzene rings is 2. The molecule has 2 aromatic carbocycles. The zero-order valence-corrected chi connectivity index (χ0v) is 24.8. The molecule has 3 rings (SSSR count). The minimum Gasteiger partial charge on any atom is -0.497 e. The van der Waals surface area contributed by atoms with Gasteiger partial charge in [-0.2, -0.15) is 0 Å². The van der Waals surface area contributed by atoms with Crippen LogP contribution < -0.4 is 4.90 Å². The molecule has 0 saturated carbocycles. The summed E-state index contributed by atoms with van der Waals surface area (Å²) < 4.78 is 16.6. The number of esters is 2. The summed E-state index contributed by atoms with van der Waals surface area (Å²) in [5.74, 6) is -0.826. The average molecular weight is 567 g/mol. The number of hydrogen-bond donors (Lipinski definition) is 0. The Balaban J connectivity index is 2.00. The molecular weight excluding hydrogens is 528 g/mol. The SMILES string of the molecule is CC=C(C=CC(C)C1Sc2ccc(C(=O)OCc3ccccc3)cc2N(CCN(C)C)C(=O)C1OC(C)=O)OC. The van der Waals surface area contributed by atoms with Crippen molar-refractivity contribution < 1.29 is 28.6 Å². The zero-order valence-electron chi connectivity index (χ0n) is 24.0. The van der Waals surface area contributed by atoms with E-state index in [1.807, 2.05) is 87.5 Å². The van der Waals surface area contributed by atoms with Gasteiger partial charge in [0.05, 0.1) is 23.6 Å². The van der Waals surface area contributed by atoms with Crippen LogP contribution in [0.3, 0.4) is 0 Å². The van der Waals surface area contributed by atoms with Crippen LogP contribution in [0.4, 0.5) is 5.69 Å². The molecule has 0 spiro atoms. The molecule has 1 amide bonds. The van der Waals surface area contributed by atoms with Gasteiger partial charge in [-0.15, -0.1) is 11.8 Å². The Hall–Kier alpha value is -3.56. The predicted octanol–water partition coefficient (Wildman–Crippen LogP) is 5.09. The molecule has 0 aromatic heterocycles. The number of amides is 1. The van der Waals surface area contributed by atoms with E-state index in [0.29, 0.717) is 30.1 Å². The minimum atomic E-state index is -1.03. The van der Waals surface area contributed by atoms with E-state index in [0.717, 1.165) is 10.5 Å². The lowest BCUT2D eigenvalue weighted by molar-refractivity contribution is -0.153. The molecule has 0 radical (unpaired) electrons. The summed E-state index contributed by atoms with van der Waals surface area (Å²) in [6.45, 7) is 6.23. The highest BCUT2D eigenvalue weighted by Gasteiger charge is 2.42. The van der Waals surface area contributed by atoms with E-state index in [-0.39, 0.29) is 18.4 Å². The molecule has 9 heteroatoms. The zero-order chi connectivity index (χ0) is 29.2. The van der Waals surface area contributed by atoms with Gasteiger partial charge in [-0.05, 0) is 62.9 Å². The number of carbonyl (C=O) groups excluding carboxylic acids is 3. The van der Waals surface area contributed by atoms with Crippen molar-refractivity contribution in [2.75, 3.05) is 39.2 Å². The lowest BCUT2D eigenvalue weighted by Crippen LogP contribution is -2.48. The van der Waals surface area contributed by atoms with Crippen molar-refractivity contribution in [3.05, 3.63) is 83.6 Å². The molecule has 40 heavy (non-hydrogen) atoms. The number of allylic oxidation sites excluding steroid dienone is 3. The Kier molecular flexibility index (Phi) is 11.4. The summed E-state index contributed by atoms with van der Waals surface area (Å²) >= 11 is 1.46. The summed E-state index contributed by atoms with van der Waals surface area (Å²) in [6.07, 6.45) is 4.61. The van der Waals surface area contributed by atoms with Crippen LogP contribution in [0.5, 0.6) is 0 Å². The maximum Gasteiger partial charge on any atom is 0.338 e. The molecule has 0 fully saturated rings. The summed E-state index contributed by atoms with van der Waals surface area (Å²) in [5, 5.41) is -0.415. The number of thioether (sulfide) groups is 1. The number of ether oxygens (including phenoxy) is 3. The molecule has 1 aliphatic heterocycles. The maximum atomic E-state index is 14.1. The largest absolute Gasteiger partial charge is 0.497 e. The highest BCUT2D eigenvalue weighted by molar-refractivity contribution is 8.00. The number of methoxy groups -OCH3 is 1. The van der Waals surface area contributed by atoms with E-state index >= 15 is 0 Å². The number of rotatable bonds is 11. The molecule has 0 bridgehead atoms. The van der Waals surface area contributed by atoms with Gasteiger partial charge in [-0.1, -0.05) is 43.3 Å². The molecular formula is C31H38N2O6S. The summed E-state index contributed by atoms with van der Waals surface area (Å²) in [6, 6.07) is 14.7. The Morgan fingerprint density at radius 1 is 1.15 bits per heavy atom. The quantitative estimate of drug-likeness (QED) is 0.211. The Morgan fingerprint density at radius 3 is 2.50 bits per heavy atom. The first-order valence-electron chi connectivity index (χ1n) is 13.2. The predicted molar refractivity (Wildman–Crippen MR) is 157 cm³/mol. The number of anilines is 1. The molecule has 1 heterocycles. The third-order valence-electron chi connectivity index (χ3n) is 6.44. The highest BCUT2D eigenvalue weighted by Crippen LogP contribution is 2.42. The van der Waals surface area contributed by atoms with Crippen molar-refractivity contribution >= 4 is 35.3 Å². The van der Waals surface area contributed by atoms with Crippen LogP contribution in [0.1, 0.15) is 36.7 Å². The first-order chi connectivity index (χ1) is 19.1. The lowest BCUT2D eigenvalue weighted by atomic mass is 10.0. The summed E-state index contributed by atoms with van der Waals surface area (Å²) in [4.78, 5) is 43.6. The van der Waals surface area contributed by atoms with Crippen molar-refractivity contribution in [1.29, 1.82) is 0 Å². The van der Waals surface area contributed by atoms with Crippen LogP contribution in [-0.2, 0) is 30.4 Å². The van der Waals surface area contributed by atoms with Crippen LogP contribution in [0.15, 0.2) is 77.4 Å².